The van der Waals surface area contributed by atoms with E-state index in [0.29, 0.717) is 0 Å². The lowest BCUT2D eigenvalue weighted by atomic mass is 10.2. The number of hydrogen-bond acceptors (Lipinski definition) is 4. The van der Waals surface area contributed by atoms with Crippen molar-refractivity contribution in [2.75, 3.05) is 16.3 Å². The first-order valence-corrected chi connectivity index (χ1v) is 7.34. The lowest BCUT2D eigenvalue weighted by molar-refractivity contribution is -0.112. The summed E-state index contributed by atoms with van der Waals surface area (Å²) in [5.41, 5.74) is 0.362. The summed E-state index contributed by atoms with van der Waals surface area (Å²) in [6.45, 7) is 4.98. The van der Waals surface area contributed by atoms with E-state index in [1.807, 2.05) is 0 Å². The van der Waals surface area contributed by atoms with E-state index in [1.165, 1.54) is 13.0 Å². The second kappa shape index (κ2) is 5.50. The van der Waals surface area contributed by atoms with Gasteiger partial charge in [0.05, 0.1) is 22.7 Å². The van der Waals surface area contributed by atoms with Crippen molar-refractivity contribution in [3.63, 3.8) is 0 Å². The Morgan fingerprint density at radius 1 is 1.37 bits per heavy atom. The largest absolute Gasteiger partial charge is 0.506 e. The van der Waals surface area contributed by atoms with Crippen LogP contribution in [0.5, 0.6) is 5.75 Å². The highest BCUT2D eigenvalue weighted by molar-refractivity contribution is 7.92. The number of aromatic hydroxyl groups is 1. The van der Waals surface area contributed by atoms with Gasteiger partial charge in [0, 0.05) is 11.6 Å². The Balaban J connectivity index is 3.10. The number of sulfonamides is 1. The molecule has 3 N–H and O–H groups in total. The molecule has 0 heterocycles. The normalized spacial score (nSPS) is 10.9. The zero-order chi connectivity index (χ0) is 14.8. The maximum absolute atomic E-state index is 11.4. The zero-order valence-corrected chi connectivity index (χ0v) is 11.9. The molecular weight excluding hydrogens is 292 g/mol. The molecule has 1 amide bonds. The number of phenolic OH excluding ortho intramolecular Hbond substituents is 1. The molecule has 0 fully saturated rings. The first kappa shape index (κ1) is 15.3. The maximum atomic E-state index is 11.4. The average molecular weight is 305 g/mol. The Morgan fingerprint density at radius 2 is 1.95 bits per heavy atom. The molecule has 0 radical (unpaired) electrons. The SMILES string of the molecule is C=C(C)C(=O)Nc1cc(O)c(NS(C)(=O)=O)cc1Cl. The van der Waals surface area contributed by atoms with Crippen LogP contribution < -0.4 is 10.0 Å². The van der Waals surface area contributed by atoms with Gasteiger partial charge in [0.15, 0.2) is 0 Å². The summed E-state index contributed by atoms with van der Waals surface area (Å²) in [4.78, 5) is 11.4. The van der Waals surface area contributed by atoms with Crippen molar-refractivity contribution in [2.24, 2.45) is 0 Å². The summed E-state index contributed by atoms with van der Waals surface area (Å²) in [7, 11) is -3.54. The number of hydrogen-bond donors (Lipinski definition) is 3. The van der Waals surface area contributed by atoms with E-state index in [-0.39, 0.29) is 27.7 Å². The smallest absolute Gasteiger partial charge is 0.250 e. The molecule has 0 saturated carbocycles. The second-order valence-electron chi connectivity index (χ2n) is 3.96. The monoisotopic (exact) mass is 304 g/mol. The van der Waals surface area contributed by atoms with Crippen LogP contribution in [0.25, 0.3) is 0 Å². The van der Waals surface area contributed by atoms with Gasteiger partial charge in [-0.15, -0.1) is 0 Å². The Bertz CT molecular complexity index is 640. The first-order valence-electron chi connectivity index (χ1n) is 5.07. The molecule has 0 spiro atoms. The molecule has 0 aliphatic rings. The molecular formula is C11H13ClN2O4S. The molecule has 0 aliphatic carbocycles. The van der Waals surface area contributed by atoms with Crippen molar-refractivity contribution in [3.05, 3.63) is 29.3 Å². The van der Waals surface area contributed by atoms with Crippen molar-refractivity contribution in [2.45, 2.75) is 6.92 Å². The number of amides is 1. The van der Waals surface area contributed by atoms with Crippen LogP contribution in [0.15, 0.2) is 24.3 Å². The van der Waals surface area contributed by atoms with Crippen molar-refractivity contribution >= 4 is 38.9 Å². The summed E-state index contributed by atoms with van der Waals surface area (Å²) in [5, 5.41) is 12.2. The topological polar surface area (TPSA) is 95.5 Å². The molecule has 1 aromatic carbocycles. The summed E-state index contributed by atoms with van der Waals surface area (Å²) < 4.78 is 24.2. The van der Waals surface area contributed by atoms with Gasteiger partial charge in [0.1, 0.15) is 5.75 Å². The predicted octanol–water partition coefficient (Wildman–Crippen LogP) is 1.93. The van der Waals surface area contributed by atoms with Crippen LogP contribution in [-0.4, -0.2) is 25.7 Å². The molecule has 0 atom stereocenters. The molecule has 19 heavy (non-hydrogen) atoms. The van der Waals surface area contributed by atoms with Gasteiger partial charge in [-0.05, 0) is 13.0 Å². The first-order chi connectivity index (χ1) is 8.60. The molecule has 0 bridgehead atoms. The van der Waals surface area contributed by atoms with Crippen molar-refractivity contribution in [1.29, 1.82) is 0 Å². The molecule has 0 aromatic heterocycles. The summed E-state index contributed by atoms with van der Waals surface area (Å²) in [5.74, 6) is -0.808. The minimum atomic E-state index is -3.54. The van der Waals surface area contributed by atoms with Gasteiger partial charge in [-0.25, -0.2) is 8.42 Å². The number of carbonyl (C=O) groups excluding carboxylic acids is 1. The van der Waals surface area contributed by atoms with Crippen molar-refractivity contribution < 1.29 is 18.3 Å². The van der Waals surface area contributed by atoms with E-state index >= 15 is 0 Å². The van der Waals surface area contributed by atoms with Crippen LogP contribution in [0.4, 0.5) is 11.4 Å². The number of carbonyl (C=O) groups is 1. The van der Waals surface area contributed by atoms with E-state index in [0.717, 1.165) is 12.3 Å². The highest BCUT2D eigenvalue weighted by atomic mass is 35.5. The fourth-order valence-corrected chi connectivity index (χ4v) is 1.94. The van der Waals surface area contributed by atoms with Gasteiger partial charge in [-0.1, -0.05) is 18.2 Å². The molecule has 8 heteroatoms. The van der Waals surface area contributed by atoms with E-state index in [2.05, 4.69) is 16.6 Å². The number of phenols is 1. The van der Waals surface area contributed by atoms with E-state index in [4.69, 9.17) is 11.6 Å². The molecule has 0 unspecified atom stereocenters. The van der Waals surface area contributed by atoms with Crippen molar-refractivity contribution in [3.8, 4) is 5.75 Å². The average Bonchev–Trinajstić information content (AvgIpc) is 2.23. The summed E-state index contributed by atoms with van der Waals surface area (Å²) >= 11 is 5.89. The van der Waals surface area contributed by atoms with Crippen LogP contribution in [-0.2, 0) is 14.8 Å². The van der Waals surface area contributed by atoms with Crippen LogP contribution in [0.3, 0.4) is 0 Å². The summed E-state index contributed by atoms with van der Waals surface area (Å²) in [6, 6.07) is 2.35. The van der Waals surface area contributed by atoms with Crippen LogP contribution >= 0.6 is 11.6 Å². The third kappa shape index (κ3) is 4.46. The van der Waals surface area contributed by atoms with Gasteiger partial charge >= 0.3 is 0 Å². The summed E-state index contributed by atoms with van der Waals surface area (Å²) in [6.07, 6.45) is 0.942. The van der Waals surface area contributed by atoms with E-state index < -0.39 is 15.9 Å². The minimum Gasteiger partial charge on any atom is -0.506 e. The highest BCUT2D eigenvalue weighted by Gasteiger charge is 2.13. The van der Waals surface area contributed by atoms with Crippen LogP contribution in [0.2, 0.25) is 5.02 Å². The minimum absolute atomic E-state index is 0.0687. The fourth-order valence-electron chi connectivity index (χ4n) is 1.17. The number of rotatable bonds is 4. The van der Waals surface area contributed by atoms with Gasteiger partial charge in [0.25, 0.3) is 5.91 Å². The van der Waals surface area contributed by atoms with Gasteiger partial charge in [-0.2, -0.15) is 0 Å². The third-order valence-corrected chi connectivity index (χ3v) is 2.92. The molecule has 104 valence electrons. The maximum Gasteiger partial charge on any atom is 0.250 e. The second-order valence-corrected chi connectivity index (χ2v) is 6.11. The zero-order valence-electron chi connectivity index (χ0n) is 10.3. The molecule has 1 rings (SSSR count). The number of benzene rings is 1. The Morgan fingerprint density at radius 3 is 2.42 bits per heavy atom. The van der Waals surface area contributed by atoms with Gasteiger partial charge < -0.3 is 10.4 Å². The third-order valence-electron chi connectivity index (χ3n) is 2.02. The Labute approximate surface area is 116 Å². The number of nitrogens with one attached hydrogen (secondary N) is 2. The lowest BCUT2D eigenvalue weighted by Gasteiger charge is -2.11. The van der Waals surface area contributed by atoms with Crippen LogP contribution in [0.1, 0.15) is 6.92 Å². The number of halogens is 1. The predicted molar refractivity (Wildman–Crippen MR) is 75.0 cm³/mol. The van der Waals surface area contributed by atoms with Crippen molar-refractivity contribution in [1.82, 2.24) is 0 Å². The van der Waals surface area contributed by atoms with Gasteiger partial charge in [0.2, 0.25) is 10.0 Å². The fraction of sp³-hybridized carbons (Fsp3) is 0.182. The van der Waals surface area contributed by atoms with Gasteiger partial charge in [-0.3, -0.25) is 9.52 Å². The highest BCUT2D eigenvalue weighted by Crippen LogP contribution is 2.34. The standard InChI is InChI=1S/C11H13ClN2O4S/c1-6(2)11(16)13-8-5-10(15)9(4-7(8)12)14-19(3,17)18/h4-5,14-15H,1H2,2-3H3,(H,13,16). The number of anilines is 2. The molecule has 1 aromatic rings. The lowest BCUT2D eigenvalue weighted by Crippen LogP contribution is -2.13. The molecule has 0 saturated heterocycles. The quantitative estimate of drug-likeness (QED) is 0.585. The molecule has 0 aliphatic heterocycles. The van der Waals surface area contributed by atoms with E-state index in [9.17, 15) is 18.3 Å². The van der Waals surface area contributed by atoms with E-state index in [1.54, 1.807) is 0 Å². The molecule has 6 nitrogen and oxygen atoms in total. The van der Waals surface area contributed by atoms with Crippen LogP contribution in [0, 0.1) is 0 Å². The Kier molecular flexibility index (Phi) is 4.43. The Hall–Kier alpha value is -1.73.